The largest absolute Gasteiger partial charge is 0.491 e. The summed E-state index contributed by atoms with van der Waals surface area (Å²) >= 11 is 0. The van der Waals surface area contributed by atoms with E-state index in [2.05, 4.69) is 16.0 Å². The molecule has 2 aliphatic rings. The maximum Gasteiger partial charge on any atom is 0.407 e. The van der Waals surface area contributed by atoms with Crippen LogP contribution in [-0.4, -0.2) is 72.1 Å². The van der Waals surface area contributed by atoms with Crippen molar-refractivity contribution < 1.29 is 33.0 Å². The lowest BCUT2D eigenvalue weighted by Gasteiger charge is -2.30. The molecule has 0 radical (unpaired) electrons. The highest BCUT2D eigenvalue weighted by molar-refractivity contribution is 5.97. The number of amides is 4. The zero-order valence-electron chi connectivity index (χ0n) is 22.9. The number of rotatable bonds is 4. The molecule has 10 nitrogen and oxygen atoms in total. The summed E-state index contributed by atoms with van der Waals surface area (Å²) < 4.78 is 25.3. The maximum atomic E-state index is 14.0. The van der Waals surface area contributed by atoms with Gasteiger partial charge in [-0.2, -0.15) is 0 Å². The third kappa shape index (κ3) is 7.71. The molecule has 0 saturated carbocycles. The van der Waals surface area contributed by atoms with Gasteiger partial charge in [0.25, 0.3) is 5.91 Å². The molecule has 3 atom stereocenters. The van der Waals surface area contributed by atoms with E-state index in [-0.39, 0.29) is 55.7 Å². The number of carbonyl (C=O) groups excluding carboxylic acids is 4. The van der Waals surface area contributed by atoms with Crippen molar-refractivity contribution in [2.75, 3.05) is 19.7 Å². The van der Waals surface area contributed by atoms with Gasteiger partial charge < -0.3 is 30.3 Å². The Hall–Kier alpha value is -4.15. The summed E-state index contributed by atoms with van der Waals surface area (Å²) in [4.78, 5) is 53.6. The summed E-state index contributed by atoms with van der Waals surface area (Å²) in [6, 6.07) is 11.0. The molecule has 0 spiro atoms. The first-order valence-electron chi connectivity index (χ1n) is 13.3. The van der Waals surface area contributed by atoms with Gasteiger partial charge in [-0.3, -0.25) is 14.4 Å². The van der Waals surface area contributed by atoms with Crippen LogP contribution in [0.1, 0.15) is 49.5 Å². The van der Waals surface area contributed by atoms with Crippen LogP contribution in [0.2, 0.25) is 0 Å². The Morgan fingerprint density at radius 1 is 1.12 bits per heavy atom. The van der Waals surface area contributed by atoms with Crippen LogP contribution < -0.4 is 20.7 Å². The first-order chi connectivity index (χ1) is 19.0. The number of halogens is 1. The molecule has 3 N–H and O–H groups in total. The van der Waals surface area contributed by atoms with Crippen LogP contribution >= 0.6 is 0 Å². The predicted octanol–water partition coefficient (Wildman–Crippen LogP) is 2.56. The van der Waals surface area contributed by atoms with Crippen molar-refractivity contribution in [1.29, 1.82) is 0 Å². The zero-order valence-corrected chi connectivity index (χ0v) is 22.9. The summed E-state index contributed by atoms with van der Waals surface area (Å²) in [5.74, 6) is -1.65. The van der Waals surface area contributed by atoms with Crippen LogP contribution in [-0.2, 0) is 20.7 Å². The van der Waals surface area contributed by atoms with Crippen LogP contribution in [0.25, 0.3) is 0 Å². The van der Waals surface area contributed by atoms with Crippen molar-refractivity contribution in [3.8, 4) is 5.75 Å². The Balaban J connectivity index is 1.56. The molecule has 2 aromatic carbocycles. The molecule has 2 aromatic rings. The molecule has 0 unspecified atom stereocenters. The van der Waals surface area contributed by atoms with Crippen molar-refractivity contribution in [3.63, 3.8) is 0 Å². The van der Waals surface area contributed by atoms with Gasteiger partial charge >= 0.3 is 6.09 Å². The zero-order chi connectivity index (χ0) is 28.9. The number of nitrogens with zero attached hydrogens (tertiary/aromatic N) is 1. The van der Waals surface area contributed by atoms with Crippen molar-refractivity contribution in [3.05, 3.63) is 65.5 Å². The Morgan fingerprint density at radius 2 is 1.88 bits per heavy atom. The Labute approximate surface area is 232 Å². The SMILES string of the molecule is CC(C)(C)OC(=O)N[C@H]1C[C@H]2COc3ccc(F)cc3C(=O)NCC[C@H](NC(=O)Cc3ccccc3)C(=O)N2C1. The third-order valence-electron chi connectivity index (χ3n) is 6.60. The third-order valence-corrected chi connectivity index (χ3v) is 6.60. The minimum Gasteiger partial charge on any atom is -0.491 e. The maximum absolute atomic E-state index is 14.0. The van der Waals surface area contributed by atoms with Gasteiger partial charge in [0.2, 0.25) is 11.8 Å². The standard InChI is InChI=1S/C29H35FN4O6/c1-29(2,3)40-28(38)32-20-15-21-17-39-24-10-9-19(30)14-22(24)26(36)31-12-11-23(27(37)34(21)16-20)33-25(35)13-18-7-5-4-6-8-18/h4-10,14,20-21,23H,11-13,15-17H2,1-3H3,(H,31,36)(H,32,38)(H,33,35)/t20-,21-,23-/m0/s1. The van der Waals surface area contributed by atoms with E-state index >= 15 is 0 Å². The van der Waals surface area contributed by atoms with Crippen LogP contribution in [0.5, 0.6) is 5.75 Å². The summed E-state index contributed by atoms with van der Waals surface area (Å²) in [6.45, 7) is 5.50. The number of carbonyl (C=O) groups is 4. The summed E-state index contributed by atoms with van der Waals surface area (Å²) in [5.41, 5.74) is 0.133. The number of nitrogens with one attached hydrogen (secondary N) is 3. The van der Waals surface area contributed by atoms with E-state index in [1.165, 1.54) is 12.1 Å². The van der Waals surface area contributed by atoms with Gasteiger partial charge in [0.15, 0.2) is 0 Å². The van der Waals surface area contributed by atoms with Crippen molar-refractivity contribution in [2.45, 2.75) is 63.8 Å². The fourth-order valence-electron chi connectivity index (χ4n) is 4.82. The normalized spacial score (nSPS) is 21.5. The van der Waals surface area contributed by atoms with Crippen LogP contribution in [0.4, 0.5) is 9.18 Å². The van der Waals surface area contributed by atoms with Gasteiger partial charge in [0, 0.05) is 13.1 Å². The smallest absolute Gasteiger partial charge is 0.407 e. The topological polar surface area (TPSA) is 126 Å². The molecule has 0 aliphatic carbocycles. The first kappa shape index (κ1) is 28.8. The number of benzene rings is 2. The molecule has 1 fully saturated rings. The summed E-state index contributed by atoms with van der Waals surface area (Å²) in [6.07, 6.45) is -0.0470. The number of fused-ring (bicyclic) bond motifs is 2. The lowest BCUT2D eigenvalue weighted by molar-refractivity contribution is -0.137. The van der Waals surface area contributed by atoms with Crippen LogP contribution in [0, 0.1) is 5.82 Å². The monoisotopic (exact) mass is 554 g/mol. The fraction of sp³-hybridized carbons (Fsp3) is 0.448. The molecule has 0 bridgehead atoms. The Bertz CT molecular complexity index is 1250. The summed E-state index contributed by atoms with van der Waals surface area (Å²) in [7, 11) is 0. The molecule has 2 aliphatic heterocycles. The Kier molecular flexibility index (Phi) is 8.91. The number of ether oxygens (including phenoxy) is 2. The Morgan fingerprint density at radius 3 is 2.60 bits per heavy atom. The molecule has 40 heavy (non-hydrogen) atoms. The van der Waals surface area contributed by atoms with E-state index in [9.17, 15) is 23.6 Å². The van der Waals surface area contributed by atoms with Crippen molar-refractivity contribution in [2.24, 2.45) is 0 Å². The summed E-state index contributed by atoms with van der Waals surface area (Å²) in [5, 5.41) is 8.33. The number of hydrogen-bond donors (Lipinski definition) is 3. The molecular weight excluding hydrogens is 519 g/mol. The quantitative estimate of drug-likeness (QED) is 0.534. The van der Waals surface area contributed by atoms with E-state index < -0.39 is 41.5 Å². The van der Waals surface area contributed by atoms with E-state index in [1.54, 1.807) is 25.7 Å². The van der Waals surface area contributed by atoms with Gasteiger partial charge in [-0.05, 0) is 57.4 Å². The molecule has 1 saturated heterocycles. The molecule has 2 heterocycles. The minimum atomic E-state index is -0.939. The predicted molar refractivity (Wildman–Crippen MR) is 144 cm³/mol. The van der Waals surface area contributed by atoms with E-state index in [0.29, 0.717) is 6.42 Å². The van der Waals surface area contributed by atoms with Crippen LogP contribution in [0.15, 0.2) is 48.5 Å². The molecule has 11 heteroatoms. The minimum absolute atomic E-state index is 0.00513. The van der Waals surface area contributed by atoms with Gasteiger partial charge in [-0.25, -0.2) is 9.18 Å². The lowest BCUT2D eigenvalue weighted by Crippen LogP contribution is -2.53. The van der Waals surface area contributed by atoms with E-state index in [1.807, 2.05) is 30.3 Å². The van der Waals surface area contributed by atoms with Gasteiger partial charge in [0.1, 0.15) is 29.8 Å². The van der Waals surface area contributed by atoms with Gasteiger partial charge in [-0.15, -0.1) is 0 Å². The van der Waals surface area contributed by atoms with E-state index in [0.717, 1.165) is 11.6 Å². The second-order valence-electron chi connectivity index (χ2n) is 11.0. The average Bonchev–Trinajstić information content (AvgIpc) is 3.27. The second-order valence-corrected chi connectivity index (χ2v) is 11.0. The molecule has 4 rings (SSSR count). The highest BCUT2D eigenvalue weighted by Gasteiger charge is 2.40. The molecular formula is C29H35FN4O6. The van der Waals surface area contributed by atoms with E-state index in [4.69, 9.17) is 9.47 Å². The highest BCUT2D eigenvalue weighted by atomic mass is 19.1. The van der Waals surface area contributed by atoms with Gasteiger partial charge in [0.05, 0.1) is 24.1 Å². The molecule has 4 amide bonds. The van der Waals surface area contributed by atoms with Crippen LogP contribution in [0.3, 0.4) is 0 Å². The van der Waals surface area contributed by atoms with Crippen molar-refractivity contribution in [1.82, 2.24) is 20.9 Å². The average molecular weight is 555 g/mol. The highest BCUT2D eigenvalue weighted by Crippen LogP contribution is 2.25. The number of hydrogen-bond acceptors (Lipinski definition) is 6. The van der Waals surface area contributed by atoms with Gasteiger partial charge in [-0.1, -0.05) is 30.3 Å². The fourth-order valence-corrected chi connectivity index (χ4v) is 4.82. The second kappa shape index (κ2) is 12.4. The number of alkyl carbamates (subject to hydrolysis) is 1. The van der Waals surface area contributed by atoms with Crippen molar-refractivity contribution >= 4 is 23.8 Å². The first-order valence-corrected chi connectivity index (χ1v) is 13.3. The lowest BCUT2D eigenvalue weighted by atomic mass is 10.1. The molecule has 214 valence electrons. The molecule has 0 aromatic heterocycles.